The van der Waals surface area contributed by atoms with Gasteiger partial charge in [0.1, 0.15) is 12.6 Å². The first-order valence-electron chi connectivity index (χ1n) is 14.7. The summed E-state index contributed by atoms with van der Waals surface area (Å²) in [6.45, 7) is 5.07. The van der Waals surface area contributed by atoms with Gasteiger partial charge in [0.15, 0.2) is 0 Å². The summed E-state index contributed by atoms with van der Waals surface area (Å²) in [5.74, 6) is -0.921. The minimum atomic E-state index is -4.22. The minimum absolute atomic E-state index is 0.0161. The Labute approximate surface area is 275 Å². The van der Waals surface area contributed by atoms with Gasteiger partial charge in [-0.25, -0.2) is 8.42 Å². The van der Waals surface area contributed by atoms with Gasteiger partial charge >= 0.3 is 0 Å². The Kier molecular flexibility index (Phi) is 11.7. The molecule has 0 unspecified atom stereocenters. The van der Waals surface area contributed by atoms with Crippen molar-refractivity contribution >= 4 is 50.7 Å². The SMILES string of the molecule is CC[C@@H](C)NC(=O)[C@H](Cc1ccccc1)N(Cc1ccccc1Cl)C(=O)CN(c1ccc(C)c(Cl)c1)S(=O)(=O)c1ccccc1. The molecule has 0 aliphatic carbocycles. The molecule has 45 heavy (non-hydrogen) atoms. The fourth-order valence-electron chi connectivity index (χ4n) is 4.79. The van der Waals surface area contributed by atoms with Crippen LogP contribution in [0.5, 0.6) is 0 Å². The van der Waals surface area contributed by atoms with Gasteiger partial charge in [-0.1, -0.05) is 103 Å². The zero-order chi connectivity index (χ0) is 32.6. The number of carbonyl (C=O) groups excluding carboxylic acids is 2. The van der Waals surface area contributed by atoms with Crippen molar-refractivity contribution in [1.29, 1.82) is 0 Å². The summed E-state index contributed by atoms with van der Waals surface area (Å²) in [5, 5.41) is 3.81. The lowest BCUT2D eigenvalue weighted by Gasteiger charge is -2.34. The highest BCUT2D eigenvalue weighted by Gasteiger charge is 2.35. The highest BCUT2D eigenvalue weighted by molar-refractivity contribution is 7.92. The van der Waals surface area contributed by atoms with Crippen LogP contribution in [0.25, 0.3) is 0 Å². The Morgan fingerprint density at radius 2 is 1.47 bits per heavy atom. The fraction of sp³-hybridized carbons (Fsp3) is 0.257. The number of nitrogens with one attached hydrogen (secondary N) is 1. The monoisotopic (exact) mass is 665 g/mol. The molecular weight excluding hydrogens is 629 g/mol. The Bertz CT molecular complexity index is 1720. The molecule has 10 heteroatoms. The van der Waals surface area contributed by atoms with Crippen molar-refractivity contribution in [3.05, 3.63) is 130 Å². The van der Waals surface area contributed by atoms with Gasteiger partial charge in [-0.2, -0.15) is 0 Å². The number of sulfonamides is 1. The average Bonchev–Trinajstić information content (AvgIpc) is 3.04. The lowest BCUT2D eigenvalue weighted by molar-refractivity contribution is -0.140. The Balaban J connectivity index is 1.83. The number of benzene rings is 4. The first-order valence-corrected chi connectivity index (χ1v) is 16.9. The topological polar surface area (TPSA) is 86.8 Å². The van der Waals surface area contributed by atoms with Crippen LogP contribution in [-0.4, -0.2) is 43.8 Å². The summed E-state index contributed by atoms with van der Waals surface area (Å²) in [6.07, 6.45) is 0.903. The molecule has 4 aromatic carbocycles. The van der Waals surface area contributed by atoms with Gasteiger partial charge in [0.05, 0.1) is 10.6 Å². The molecule has 4 rings (SSSR count). The molecule has 0 aliphatic heterocycles. The van der Waals surface area contributed by atoms with Crippen LogP contribution in [0.4, 0.5) is 5.69 Å². The smallest absolute Gasteiger partial charge is 0.264 e. The summed E-state index contributed by atoms with van der Waals surface area (Å²) in [4.78, 5) is 29.9. The van der Waals surface area contributed by atoms with Gasteiger partial charge in [-0.3, -0.25) is 13.9 Å². The summed E-state index contributed by atoms with van der Waals surface area (Å²) in [7, 11) is -4.22. The van der Waals surface area contributed by atoms with E-state index in [1.807, 2.05) is 51.1 Å². The second-order valence-corrected chi connectivity index (χ2v) is 13.6. The van der Waals surface area contributed by atoms with E-state index in [-0.39, 0.29) is 35.5 Å². The molecular formula is C35H37Cl2N3O4S. The summed E-state index contributed by atoms with van der Waals surface area (Å²) < 4.78 is 29.2. The van der Waals surface area contributed by atoms with Gasteiger partial charge in [-0.05, 0) is 67.3 Å². The van der Waals surface area contributed by atoms with Crippen LogP contribution in [-0.2, 0) is 32.6 Å². The predicted molar refractivity (Wildman–Crippen MR) is 181 cm³/mol. The van der Waals surface area contributed by atoms with Crippen molar-refractivity contribution in [1.82, 2.24) is 10.2 Å². The number of rotatable bonds is 13. The third kappa shape index (κ3) is 8.66. The van der Waals surface area contributed by atoms with Gasteiger partial charge in [0, 0.05) is 29.1 Å². The maximum absolute atomic E-state index is 14.5. The molecule has 236 valence electrons. The maximum atomic E-state index is 14.5. The van der Waals surface area contributed by atoms with E-state index in [2.05, 4.69) is 5.32 Å². The number of hydrogen-bond donors (Lipinski definition) is 1. The van der Waals surface area contributed by atoms with E-state index >= 15 is 0 Å². The normalized spacial score (nSPS) is 12.6. The largest absolute Gasteiger partial charge is 0.352 e. The summed E-state index contributed by atoms with van der Waals surface area (Å²) in [5.41, 5.74) is 2.45. The third-order valence-electron chi connectivity index (χ3n) is 7.62. The summed E-state index contributed by atoms with van der Waals surface area (Å²) >= 11 is 13.0. The first kappa shape index (κ1) is 34.0. The molecule has 7 nitrogen and oxygen atoms in total. The molecule has 2 amide bonds. The second-order valence-electron chi connectivity index (χ2n) is 10.9. The molecule has 0 saturated carbocycles. The second kappa shape index (κ2) is 15.4. The maximum Gasteiger partial charge on any atom is 0.264 e. The number of carbonyl (C=O) groups is 2. The van der Waals surface area contributed by atoms with Crippen LogP contribution in [0, 0.1) is 6.92 Å². The van der Waals surface area contributed by atoms with E-state index in [1.54, 1.807) is 54.6 Å². The molecule has 1 N–H and O–H groups in total. The van der Waals surface area contributed by atoms with Crippen molar-refractivity contribution in [2.75, 3.05) is 10.8 Å². The predicted octanol–water partition coefficient (Wildman–Crippen LogP) is 7.05. The summed E-state index contributed by atoms with van der Waals surface area (Å²) in [6, 6.07) is 28.1. The molecule has 0 radical (unpaired) electrons. The minimum Gasteiger partial charge on any atom is -0.352 e. The molecule has 0 aromatic heterocycles. The molecule has 0 aliphatic rings. The van der Waals surface area contributed by atoms with Gasteiger partial charge in [0.2, 0.25) is 11.8 Å². The molecule has 0 spiro atoms. The van der Waals surface area contributed by atoms with Crippen LogP contribution < -0.4 is 9.62 Å². The van der Waals surface area contributed by atoms with Crippen molar-refractivity contribution in [2.45, 2.75) is 57.1 Å². The van der Waals surface area contributed by atoms with E-state index in [0.717, 1.165) is 15.4 Å². The average molecular weight is 667 g/mol. The first-order chi connectivity index (χ1) is 21.5. The Hall–Kier alpha value is -3.85. The van der Waals surface area contributed by atoms with Crippen LogP contribution in [0.15, 0.2) is 108 Å². The Morgan fingerprint density at radius 1 is 0.844 bits per heavy atom. The van der Waals surface area contributed by atoms with E-state index < -0.39 is 28.5 Å². The number of halogens is 2. The molecule has 4 aromatic rings. The number of amides is 2. The van der Waals surface area contributed by atoms with Crippen LogP contribution in [0.1, 0.15) is 37.0 Å². The zero-order valence-corrected chi connectivity index (χ0v) is 27.8. The van der Waals surface area contributed by atoms with Crippen molar-refractivity contribution in [3.63, 3.8) is 0 Å². The van der Waals surface area contributed by atoms with Gasteiger partial charge in [0.25, 0.3) is 10.0 Å². The zero-order valence-electron chi connectivity index (χ0n) is 25.5. The number of nitrogens with zero attached hydrogens (tertiary/aromatic N) is 2. The lowest BCUT2D eigenvalue weighted by Crippen LogP contribution is -2.54. The van der Waals surface area contributed by atoms with Crippen molar-refractivity contribution < 1.29 is 18.0 Å². The van der Waals surface area contributed by atoms with Crippen molar-refractivity contribution in [3.8, 4) is 0 Å². The molecule has 2 atom stereocenters. The molecule has 0 heterocycles. The number of hydrogen-bond acceptors (Lipinski definition) is 4. The highest BCUT2D eigenvalue weighted by Crippen LogP contribution is 2.29. The molecule has 0 saturated heterocycles. The van der Waals surface area contributed by atoms with Crippen LogP contribution >= 0.6 is 23.2 Å². The fourth-order valence-corrected chi connectivity index (χ4v) is 6.59. The van der Waals surface area contributed by atoms with Gasteiger partial charge < -0.3 is 10.2 Å². The van der Waals surface area contributed by atoms with Gasteiger partial charge in [-0.15, -0.1) is 0 Å². The van der Waals surface area contributed by atoms with E-state index in [9.17, 15) is 18.0 Å². The number of aryl methyl sites for hydroxylation is 1. The third-order valence-corrected chi connectivity index (χ3v) is 10.2. The molecule has 0 fully saturated rings. The van der Waals surface area contributed by atoms with E-state index in [1.165, 1.54) is 23.1 Å². The lowest BCUT2D eigenvalue weighted by atomic mass is 10.0. The molecule has 0 bridgehead atoms. The number of anilines is 1. The van der Waals surface area contributed by atoms with E-state index in [0.29, 0.717) is 22.0 Å². The Morgan fingerprint density at radius 3 is 2.09 bits per heavy atom. The standard InChI is InChI=1S/C35H37Cl2N3O4S/c1-4-26(3)38-35(42)33(21-27-13-7-5-8-14-27)39(23-28-15-11-12-18-31(28)36)34(41)24-40(29-20-19-25(2)32(37)22-29)45(43,44)30-16-9-6-10-17-30/h5-20,22,26,33H,4,21,23-24H2,1-3H3,(H,38,42)/t26-,33+/m1/s1. The van der Waals surface area contributed by atoms with Crippen molar-refractivity contribution in [2.24, 2.45) is 0 Å². The quantitative estimate of drug-likeness (QED) is 0.166. The van der Waals surface area contributed by atoms with Crippen LogP contribution in [0.3, 0.4) is 0 Å². The van der Waals surface area contributed by atoms with E-state index in [4.69, 9.17) is 23.2 Å². The highest BCUT2D eigenvalue weighted by atomic mass is 35.5. The van der Waals surface area contributed by atoms with Crippen LogP contribution in [0.2, 0.25) is 10.0 Å².